The van der Waals surface area contributed by atoms with Crippen LogP contribution in [0.2, 0.25) is 0 Å². The lowest BCUT2D eigenvalue weighted by Gasteiger charge is -1.94. The summed E-state index contributed by atoms with van der Waals surface area (Å²) in [6.07, 6.45) is 1.81. The molecule has 6 nitrogen and oxygen atoms in total. The van der Waals surface area contributed by atoms with Crippen molar-refractivity contribution < 1.29 is 4.92 Å². The first kappa shape index (κ1) is 12.1. The van der Waals surface area contributed by atoms with Gasteiger partial charge >= 0.3 is 0 Å². The molecule has 7 heteroatoms. The molecule has 2 N–H and O–H groups in total. The summed E-state index contributed by atoms with van der Waals surface area (Å²) in [6, 6.07) is 8.43. The fraction of sp³-hybridized carbons (Fsp3) is 0. The van der Waals surface area contributed by atoms with E-state index in [9.17, 15) is 10.1 Å². The van der Waals surface area contributed by atoms with E-state index in [1.54, 1.807) is 12.3 Å². The molecule has 2 aromatic heterocycles. The fourth-order valence-electron chi connectivity index (χ4n) is 1.80. The molecule has 0 bridgehead atoms. The molecule has 0 saturated carbocycles. The molecule has 0 unspecified atom stereocenters. The summed E-state index contributed by atoms with van der Waals surface area (Å²) in [6.45, 7) is 0. The second kappa shape index (κ2) is 4.50. The lowest BCUT2D eigenvalue weighted by Crippen LogP contribution is -1.86. The highest BCUT2D eigenvalue weighted by molar-refractivity contribution is 5.93. The second-order valence-corrected chi connectivity index (χ2v) is 3.64. The Bertz CT molecular complexity index is 690. The van der Waals surface area contributed by atoms with Crippen molar-refractivity contribution in [1.29, 1.82) is 0 Å². The zero-order valence-corrected chi connectivity index (χ0v) is 9.90. The van der Waals surface area contributed by atoms with Gasteiger partial charge in [-0.3, -0.25) is 15.2 Å². The minimum Gasteiger partial charge on any atom is -0.360 e. The molecule has 3 rings (SSSR count). The van der Waals surface area contributed by atoms with Crippen LogP contribution in [-0.4, -0.2) is 20.1 Å². The van der Waals surface area contributed by atoms with Crippen molar-refractivity contribution in [3.63, 3.8) is 0 Å². The van der Waals surface area contributed by atoms with E-state index >= 15 is 0 Å². The average Bonchev–Trinajstić information content (AvgIpc) is 2.96. The van der Waals surface area contributed by atoms with Gasteiger partial charge in [-0.05, 0) is 18.2 Å². The quantitative estimate of drug-likeness (QED) is 0.551. The van der Waals surface area contributed by atoms with Crippen molar-refractivity contribution in [3.05, 3.63) is 46.6 Å². The largest absolute Gasteiger partial charge is 0.360 e. The number of fused-ring (bicyclic) bond motifs is 1. The predicted octanol–water partition coefficient (Wildman–Crippen LogP) is 2.89. The van der Waals surface area contributed by atoms with Gasteiger partial charge in [0.25, 0.3) is 5.69 Å². The lowest BCUT2D eigenvalue weighted by molar-refractivity contribution is -0.384. The third-order valence-electron chi connectivity index (χ3n) is 2.61. The van der Waals surface area contributed by atoms with Gasteiger partial charge in [-0.1, -0.05) is 0 Å². The van der Waals surface area contributed by atoms with Crippen LogP contribution in [0.3, 0.4) is 0 Å². The highest BCUT2D eigenvalue weighted by Gasteiger charge is 2.12. The summed E-state index contributed by atoms with van der Waals surface area (Å²) in [7, 11) is 0. The highest BCUT2D eigenvalue weighted by atomic mass is 35.5. The van der Waals surface area contributed by atoms with Gasteiger partial charge in [0.05, 0.1) is 16.1 Å². The van der Waals surface area contributed by atoms with Crippen molar-refractivity contribution >= 4 is 29.0 Å². The summed E-state index contributed by atoms with van der Waals surface area (Å²) >= 11 is 0. The van der Waals surface area contributed by atoms with Gasteiger partial charge in [0.1, 0.15) is 5.69 Å². The molecule has 1 aromatic carbocycles. The van der Waals surface area contributed by atoms with Gasteiger partial charge in [0.2, 0.25) is 0 Å². The van der Waals surface area contributed by atoms with Crippen LogP contribution < -0.4 is 0 Å². The maximum Gasteiger partial charge on any atom is 0.271 e. The Hall–Kier alpha value is -2.34. The van der Waals surface area contributed by atoms with E-state index in [1.807, 2.05) is 12.1 Å². The van der Waals surface area contributed by atoms with E-state index in [4.69, 9.17) is 0 Å². The first-order valence-electron chi connectivity index (χ1n) is 5.02. The van der Waals surface area contributed by atoms with E-state index < -0.39 is 4.92 Å². The van der Waals surface area contributed by atoms with Gasteiger partial charge in [-0.25, -0.2) is 0 Å². The molecular formula is C11H9ClN4O2. The van der Waals surface area contributed by atoms with Crippen LogP contribution in [0.4, 0.5) is 5.69 Å². The number of aromatic nitrogens is 3. The van der Waals surface area contributed by atoms with Crippen LogP contribution in [0.1, 0.15) is 0 Å². The number of non-ortho nitro benzene ring substituents is 1. The number of H-pyrrole nitrogens is 2. The number of rotatable bonds is 2. The molecule has 0 amide bonds. The molecule has 0 radical (unpaired) electrons. The number of halogens is 1. The Morgan fingerprint density at radius 2 is 2.11 bits per heavy atom. The monoisotopic (exact) mass is 264 g/mol. The molecule has 0 saturated heterocycles. The second-order valence-electron chi connectivity index (χ2n) is 3.64. The summed E-state index contributed by atoms with van der Waals surface area (Å²) < 4.78 is 0. The maximum atomic E-state index is 10.6. The van der Waals surface area contributed by atoms with Gasteiger partial charge in [-0.15, -0.1) is 12.4 Å². The third kappa shape index (κ3) is 1.82. The van der Waals surface area contributed by atoms with Crippen LogP contribution in [0.5, 0.6) is 0 Å². The molecular weight excluding hydrogens is 256 g/mol. The number of aromatic amines is 2. The molecule has 0 atom stereocenters. The topological polar surface area (TPSA) is 87.6 Å². The first-order chi connectivity index (χ1) is 8.25. The van der Waals surface area contributed by atoms with Crippen molar-refractivity contribution in [3.8, 4) is 11.4 Å². The molecule has 0 fully saturated rings. The standard InChI is InChI=1S/C11H8N4O2.ClH/c16-15(17)7-3-4-8-10(6-7)13-14-11(8)9-2-1-5-12-9;/h1-6,12H,(H,13,14);1H. The van der Waals surface area contributed by atoms with Gasteiger partial charge in [0.15, 0.2) is 0 Å². The highest BCUT2D eigenvalue weighted by Crippen LogP contribution is 2.27. The third-order valence-corrected chi connectivity index (χ3v) is 2.61. The van der Waals surface area contributed by atoms with Gasteiger partial charge in [0, 0.05) is 23.7 Å². The van der Waals surface area contributed by atoms with Crippen molar-refractivity contribution in [2.24, 2.45) is 0 Å². The summed E-state index contributed by atoms with van der Waals surface area (Å²) in [5.41, 5.74) is 2.35. The van der Waals surface area contributed by atoms with Crippen LogP contribution in [0.15, 0.2) is 36.5 Å². The summed E-state index contributed by atoms with van der Waals surface area (Å²) in [5.74, 6) is 0. The van der Waals surface area contributed by atoms with Crippen molar-refractivity contribution in [2.75, 3.05) is 0 Å². The summed E-state index contributed by atoms with van der Waals surface area (Å²) in [4.78, 5) is 13.3. The minimum atomic E-state index is -0.422. The zero-order chi connectivity index (χ0) is 11.8. The molecule has 2 heterocycles. The molecule has 0 aliphatic rings. The van der Waals surface area contributed by atoms with Gasteiger partial charge in [-0.2, -0.15) is 5.10 Å². The normalized spacial score (nSPS) is 10.2. The number of nitro benzene ring substituents is 1. The van der Waals surface area contributed by atoms with E-state index in [-0.39, 0.29) is 18.1 Å². The maximum absolute atomic E-state index is 10.6. The number of nitrogens with zero attached hydrogens (tertiary/aromatic N) is 2. The summed E-state index contributed by atoms with van der Waals surface area (Å²) in [5, 5.41) is 18.5. The van der Waals surface area contributed by atoms with Crippen molar-refractivity contribution in [2.45, 2.75) is 0 Å². The van der Waals surface area contributed by atoms with E-state index in [0.29, 0.717) is 5.52 Å². The molecule has 0 spiro atoms. The molecule has 18 heavy (non-hydrogen) atoms. The van der Waals surface area contributed by atoms with Crippen LogP contribution in [-0.2, 0) is 0 Å². The smallest absolute Gasteiger partial charge is 0.271 e. The van der Waals surface area contributed by atoms with Crippen LogP contribution in [0, 0.1) is 10.1 Å². The molecule has 0 aliphatic carbocycles. The number of benzene rings is 1. The minimum absolute atomic E-state index is 0. The number of hydrogen-bond acceptors (Lipinski definition) is 3. The van der Waals surface area contributed by atoms with E-state index in [2.05, 4.69) is 15.2 Å². The molecule has 92 valence electrons. The average molecular weight is 265 g/mol. The fourth-order valence-corrected chi connectivity index (χ4v) is 1.80. The zero-order valence-electron chi connectivity index (χ0n) is 9.08. The number of nitro groups is 1. The Labute approximate surface area is 108 Å². The SMILES string of the molecule is Cl.O=[N+]([O-])c1ccc2c(-c3ccc[nH]3)n[nH]c2c1. The first-order valence-corrected chi connectivity index (χ1v) is 5.02. The number of hydrogen-bond donors (Lipinski definition) is 2. The van der Waals surface area contributed by atoms with Gasteiger partial charge < -0.3 is 4.98 Å². The van der Waals surface area contributed by atoms with Crippen LogP contribution in [0.25, 0.3) is 22.3 Å². The Balaban J connectivity index is 0.00000120. The Morgan fingerprint density at radius 1 is 1.28 bits per heavy atom. The van der Waals surface area contributed by atoms with E-state index in [1.165, 1.54) is 12.1 Å². The predicted molar refractivity (Wildman–Crippen MR) is 69.8 cm³/mol. The van der Waals surface area contributed by atoms with Crippen molar-refractivity contribution in [1.82, 2.24) is 15.2 Å². The Kier molecular flexibility index (Phi) is 3.03. The lowest BCUT2D eigenvalue weighted by atomic mass is 10.1. The molecule has 0 aliphatic heterocycles. The number of nitrogens with one attached hydrogen (secondary N) is 2. The molecule has 3 aromatic rings. The van der Waals surface area contributed by atoms with Crippen LogP contribution >= 0.6 is 12.4 Å². The Morgan fingerprint density at radius 3 is 2.78 bits per heavy atom. The van der Waals surface area contributed by atoms with E-state index in [0.717, 1.165) is 16.8 Å².